The summed E-state index contributed by atoms with van der Waals surface area (Å²) in [6.45, 7) is 4.47. The van der Waals surface area contributed by atoms with Gasteiger partial charge in [-0.05, 0) is 47.8 Å². The molecule has 2 rings (SSSR count). The van der Waals surface area contributed by atoms with E-state index in [-0.39, 0.29) is 0 Å². The second-order valence-corrected chi connectivity index (χ2v) is 5.63. The molecule has 0 aliphatic carbocycles. The number of fused-ring (bicyclic) bond motifs is 1. The van der Waals surface area contributed by atoms with Crippen molar-refractivity contribution >= 4 is 23.4 Å². The molecule has 1 aromatic carbocycles. The molecule has 0 aromatic heterocycles. The lowest BCUT2D eigenvalue weighted by molar-refractivity contribution is 0.809. The number of aryl methyl sites for hydroxylation is 1. The third-order valence-electron chi connectivity index (χ3n) is 2.62. The van der Waals surface area contributed by atoms with Gasteiger partial charge in [-0.25, -0.2) is 0 Å². The zero-order chi connectivity index (χ0) is 10.1. The Labute approximate surface area is 95.0 Å². The first-order valence-corrected chi connectivity index (χ1v) is 6.50. The normalized spacial score (nSPS) is 15.7. The van der Waals surface area contributed by atoms with Crippen molar-refractivity contribution in [3.63, 3.8) is 0 Å². The Morgan fingerprint density at radius 3 is 2.86 bits per heavy atom. The van der Waals surface area contributed by atoms with Crippen LogP contribution in [-0.4, -0.2) is 5.75 Å². The fourth-order valence-electron chi connectivity index (χ4n) is 1.90. The number of benzene rings is 1. The van der Waals surface area contributed by atoms with Crippen LogP contribution in [-0.2, 0) is 6.42 Å². The molecule has 1 heterocycles. The molecular weight excluding hydrogens is 212 g/mol. The lowest BCUT2D eigenvalue weighted by Gasteiger charge is -2.21. The molecule has 1 aromatic rings. The molecule has 0 bridgehead atoms. The highest BCUT2D eigenvalue weighted by molar-refractivity contribution is 7.99. The van der Waals surface area contributed by atoms with Gasteiger partial charge >= 0.3 is 0 Å². The Morgan fingerprint density at radius 1 is 1.36 bits per heavy atom. The summed E-state index contributed by atoms with van der Waals surface area (Å²) in [7, 11) is 0. The number of rotatable bonds is 1. The third kappa shape index (κ3) is 1.94. The molecule has 0 atom stereocenters. The second kappa shape index (κ2) is 4.16. The van der Waals surface area contributed by atoms with Crippen molar-refractivity contribution in [2.75, 3.05) is 5.75 Å². The van der Waals surface area contributed by atoms with Crippen LogP contribution in [0.3, 0.4) is 0 Å². The van der Waals surface area contributed by atoms with Crippen molar-refractivity contribution in [1.82, 2.24) is 0 Å². The van der Waals surface area contributed by atoms with E-state index in [4.69, 9.17) is 11.6 Å². The molecule has 14 heavy (non-hydrogen) atoms. The summed E-state index contributed by atoms with van der Waals surface area (Å²) in [6, 6.07) is 4.26. The highest BCUT2D eigenvalue weighted by Gasteiger charge is 2.16. The summed E-state index contributed by atoms with van der Waals surface area (Å²) < 4.78 is 0. The van der Waals surface area contributed by atoms with Crippen LogP contribution >= 0.6 is 23.4 Å². The summed E-state index contributed by atoms with van der Waals surface area (Å²) >= 11 is 8.11. The zero-order valence-corrected chi connectivity index (χ0v) is 10.2. The topological polar surface area (TPSA) is 0 Å². The Bertz CT molecular complexity index is 344. The van der Waals surface area contributed by atoms with Gasteiger partial charge in [0.25, 0.3) is 0 Å². The van der Waals surface area contributed by atoms with E-state index in [1.165, 1.54) is 34.6 Å². The average molecular weight is 227 g/mol. The number of thioether (sulfide) groups is 1. The van der Waals surface area contributed by atoms with Gasteiger partial charge in [-0.15, -0.1) is 11.8 Å². The zero-order valence-electron chi connectivity index (χ0n) is 8.64. The van der Waals surface area contributed by atoms with Gasteiger partial charge in [0.15, 0.2) is 0 Å². The molecule has 0 fully saturated rings. The predicted octanol–water partition coefficient (Wildman–Crippen LogP) is 4.50. The number of hydrogen-bond acceptors (Lipinski definition) is 1. The van der Waals surface area contributed by atoms with Gasteiger partial charge in [-0.1, -0.05) is 25.4 Å². The van der Waals surface area contributed by atoms with Crippen LogP contribution in [0.4, 0.5) is 0 Å². The maximum absolute atomic E-state index is 6.12. The fourth-order valence-corrected chi connectivity index (χ4v) is 3.45. The summed E-state index contributed by atoms with van der Waals surface area (Å²) in [5.74, 6) is 1.84. The van der Waals surface area contributed by atoms with Gasteiger partial charge in [0, 0.05) is 9.92 Å². The minimum atomic E-state index is 0.577. The monoisotopic (exact) mass is 226 g/mol. The van der Waals surface area contributed by atoms with Crippen molar-refractivity contribution in [1.29, 1.82) is 0 Å². The van der Waals surface area contributed by atoms with E-state index in [0.29, 0.717) is 5.92 Å². The highest BCUT2D eigenvalue weighted by Crippen LogP contribution is 2.38. The van der Waals surface area contributed by atoms with E-state index < -0.39 is 0 Å². The van der Waals surface area contributed by atoms with Gasteiger partial charge in [-0.2, -0.15) is 0 Å². The Morgan fingerprint density at radius 2 is 2.14 bits per heavy atom. The van der Waals surface area contributed by atoms with Crippen LogP contribution < -0.4 is 0 Å². The average Bonchev–Trinajstić information content (AvgIpc) is 2.16. The van der Waals surface area contributed by atoms with E-state index in [1.54, 1.807) is 0 Å². The molecule has 0 saturated carbocycles. The van der Waals surface area contributed by atoms with Crippen LogP contribution in [0.15, 0.2) is 17.0 Å². The van der Waals surface area contributed by atoms with Crippen LogP contribution in [0.2, 0.25) is 5.02 Å². The van der Waals surface area contributed by atoms with Gasteiger partial charge in [0.1, 0.15) is 0 Å². The Hall–Kier alpha value is -0.140. The van der Waals surface area contributed by atoms with Crippen molar-refractivity contribution in [2.45, 2.75) is 37.5 Å². The van der Waals surface area contributed by atoms with Crippen molar-refractivity contribution < 1.29 is 0 Å². The molecule has 0 spiro atoms. The van der Waals surface area contributed by atoms with Crippen molar-refractivity contribution in [2.24, 2.45) is 0 Å². The minimum Gasteiger partial charge on any atom is -0.126 e. The van der Waals surface area contributed by atoms with Gasteiger partial charge in [-0.3, -0.25) is 0 Å². The molecule has 0 nitrogen and oxygen atoms in total. The highest BCUT2D eigenvalue weighted by atomic mass is 35.5. The third-order valence-corrected chi connectivity index (χ3v) is 4.12. The first-order chi connectivity index (χ1) is 6.68. The Kier molecular flexibility index (Phi) is 3.08. The van der Waals surface area contributed by atoms with E-state index in [2.05, 4.69) is 26.0 Å². The quantitative estimate of drug-likeness (QED) is 0.680. The molecule has 0 amide bonds. The van der Waals surface area contributed by atoms with E-state index in [1.807, 2.05) is 11.8 Å². The molecule has 0 unspecified atom stereocenters. The summed E-state index contributed by atoms with van der Waals surface area (Å²) in [5, 5.41) is 0.898. The SMILES string of the molecule is CC(C)c1cc(Cl)cc2c1SCCC2. The molecule has 0 saturated heterocycles. The van der Waals surface area contributed by atoms with Gasteiger partial charge in [0.05, 0.1) is 0 Å². The van der Waals surface area contributed by atoms with Crippen LogP contribution in [0.25, 0.3) is 0 Å². The summed E-state index contributed by atoms with van der Waals surface area (Å²) in [5.41, 5.74) is 2.88. The Balaban J connectivity index is 2.52. The molecule has 0 radical (unpaired) electrons. The van der Waals surface area contributed by atoms with Gasteiger partial charge < -0.3 is 0 Å². The van der Waals surface area contributed by atoms with Crippen molar-refractivity contribution in [3.05, 3.63) is 28.3 Å². The lowest BCUT2D eigenvalue weighted by Crippen LogP contribution is -2.03. The largest absolute Gasteiger partial charge is 0.126 e. The standard InChI is InChI=1S/C12H15ClS/c1-8(2)11-7-10(13)6-9-4-3-5-14-12(9)11/h6-8H,3-5H2,1-2H3. The van der Waals surface area contributed by atoms with E-state index in [0.717, 1.165) is 5.02 Å². The lowest BCUT2D eigenvalue weighted by atomic mass is 9.98. The molecule has 1 aliphatic rings. The maximum Gasteiger partial charge on any atom is 0.0412 e. The van der Waals surface area contributed by atoms with Crippen LogP contribution in [0.1, 0.15) is 37.3 Å². The first-order valence-electron chi connectivity index (χ1n) is 5.13. The smallest absolute Gasteiger partial charge is 0.0412 e. The molecular formula is C12H15ClS. The van der Waals surface area contributed by atoms with Crippen molar-refractivity contribution in [3.8, 4) is 0 Å². The first kappa shape index (κ1) is 10.4. The summed E-state index contributed by atoms with van der Waals surface area (Å²) in [4.78, 5) is 1.50. The second-order valence-electron chi connectivity index (χ2n) is 4.09. The van der Waals surface area contributed by atoms with Crippen LogP contribution in [0, 0.1) is 0 Å². The van der Waals surface area contributed by atoms with E-state index in [9.17, 15) is 0 Å². The molecule has 76 valence electrons. The number of halogens is 1. The van der Waals surface area contributed by atoms with Crippen LogP contribution in [0.5, 0.6) is 0 Å². The molecule has 2 heteroatoms. The minimum absolute atomic E-state index is 0.577. The summed E-state index contributed by atoms with van der Waals surface area (Å²) in [6.07, 6.45) is 2.48. The molecule has 1 aliphatic heterocycles. The van der Waals surface area contributed by atoms with E-state index >= 15 is 0 Å². The predicted molar refractivity (Wildman–Crippen MR) is 64.6 cm³/mol. The maximum atomic E-state index is 6.12. The number of hydrogen-bond donors (Lipinski definition) is 0. The fraction of sp³-hybridized carbons (Fsp3) is 0.500. The van der Waals surface area contributed by atoms with Gasteiger partial charge in [0.2, 0.25) is 0 Å². The molecule has 0 N–H and O–H groups in total.